The Balaban J connectivity index is 1.22. The molecular formula is C54H50O8. The van der Waals surface area contributed by atoms with Gasteiger partial charge in [-0.1, -0.05) is 158 Å². The summed E-state index contributed by atoms with van der Waals surface area (Å²) in [6.45, 7) is 3.63. The van der Waals surface area contributed by atoms with E-state index in [9.17, 15) is 4.79 Å². The van der Waals surface area contributed by atoms with Gasteiger partial charge in [0.1, 0.15) is 49.8 Å². The number of carbonyl (C=O) groups is 1. The highest BCUT2D eigenvalue weighted by atomic mass is 16.6. The molecule has 0 saturated carbocycles. The van der Waals surface area contributed by atoms with Crippen LogP contribution in [0.2, 0.25) is 0 Å². The van der Waals surface area contributed by atoms with Crippen molar-refractivity contribution in [2.24, 2.45) is 0 Å². The first-order valence-corrected chi connectivity index (χ1v) is 21.1. The van der Waals surface area contributed by atoms with Crippen molar-refractivity contribution in [1.29, 1.82) is 0 Å². The predicted molar refractivity (Wildman–Crippen MR) is 238 cm³/mol. The largest absolute Gasteiger partial charge is 0.489 e. The van der Waals surface area contributed by atoms with Crippen LogP contribution in [0.4, 0.5) is 0 Å². The van der Waals surface area contributed by atoms with E-state index in [1.54, 1.807) is 0 Å². The second-order valence-corrected chi connectivity index (χ2v) is 15.1. The van der Waals surface area contributed by atoms with Crippen molar-refractivity contribution >= 4 is 5.97 Å². The van der Waals surface area contributed by atoms with Crippen molar-refractivity contribution in [3.05, 3.63) is 221 Å². The zero-order valence-corrected chi connectivity index (χ0v) is 34.8. The molecule has 8 heteroatoms. The average molecular weight is 827 g/mol. The second kappa shape index (κ2) is 21.0. The van der Waals surface area contributed by atoms with Crippen LogP contribution in [0.5, 0.6) is 28.7 Å². The van der Waals surface area contributed by atoms with Crippen LogP contribution in [0.15, 0.2) is 182 Å². The molecule has 0 N–H and O–H groups in total. The van der Waals surface area contributed by atoms with E-state index in [1.165, 1.54) is 0 Å². The standard InChI is InChI=1S/C54H50O8/c1-2-56-51(55)33-46-52-49(60-37-42-24-14-6-15-25-42)31-45(57-34-39-18-8-3-9-19-39)32-50(52)62-53(54(46)61-38-43-26-16-7-17-27-43)44-28-29-47(58-35-40-20-10-4-11-21-40)48(30-44)59-36-41-22-12-5-13-23-41/h3-32,46,53-54H,2,33-38H2,1H3/t46?,53-,54+/m1/s1. The summed E-state index contributed by atoms with van der Waals surface area (Å²) >= 11 is 0. The van der Waals surface area contributed by atoms with E-state index in [0.717, 1.165) is 33.4 Å². The van der Waals surface area contributed by atoms with Gasteiger partial charge in [0.05, 0.1) is 19.6 Å². The van der Waals surface area contributed by atoms with Gasteiger partial charge in [-0.15, -0.1) is 0 Å². The fourth-order valence-corrected chi connectivity index (χ4v) is 7.55. The van der Waals surface area contributed by atoms with Crippen LogP contribution in [0.1, 0.15) is 64.3 Å². The SMILES string of the molecule is CCOC(=O)CC1c2c(OCc3ccccc3)cc(OCc3ccccc3)cc2O[C@H](c2ccc(OCc3ccccc3)c(OCc3ccccc3)c2)[C@H]1OCc1ccccc1. The predicted octanol–water partition coefficient (Wildman–Crippen LogP) is 11.8. The maximum Gasteiger partial charge on any atom is 0.306 e. The van der Waals surface area contributed by atoms with Crippen molar-refractivity contribution < 1.29 is 38.0 Å². The molecule has 8 nitrogen and oxygen atoms in total. The topological polar surface area (TPSA) is 81.7 Å². The van der Waals surface area contributed by atoms with Gasteiger partial charge in [-0.25, -0.2) is 0 Å². The summed E-state index contributed by atoms with van der Waals surface area (Å²) in [6, 6.07) is 59.6. The Morgan fingerprint density at radius 1 is 0.500 bits per heavy atom. The van der Waals surface area contributed by atoms with Crippen LogP contribution in [0.3, 0.4) is 0 Å². The number of hydrogen-bond donors (Lipinski definition) is 0. The van der Waals surface area contributed by atoms with E-state index in [0.29, 0.717) is 54.1 Å². The lowest BCUT2D eigenvalue weighted by Gasteiger charge is -2.40. The monoisotopic (exact) mass is 826 g/mol. The number of benzene rings is 7. The van der Waals surface area contributed by atoms with E-state index in [1.807, 2.05) is 189 Å². The molecular weight excluding hydrogens is 777 g/mol. The van der Waals surface area contributed by atoms with Gasteiger partial charge in [-0.05, 0) is 52.4 Å². The number of esters is 1. The lowest BCUT2D eigenvalue weighted by atomic mass is 9.81. The molecule has 314 valence electrons. The summed E-state index contributed by atoms with van der Waals surface area (Å²) in [5, 5.41) is 0. The Labute approximate surface area is 363 Å². The Morgan fingerprint density at radius 3 is 1.48 bits per heavy atom. The first-order valence-electron chi connectivity index (χ1n) is 21.1. The number of carbonyl (C=O) groups excluding carboxylic acids is 1. The number of fused-ring (bicyclic) bond motifs is 1. The lowest BCUT2D eigenvalue weighted by molar-refractivity contribution is -0.146. The summed E-state index contributed by atoms with van der Waals surface area (Å²) in [7, 11) is 0. The molecule has 0 aromatic heterocycles. The lowest BCUT2D eigenvalue weighted by Crippen LogP contribution is -2.38. The van der Waals surface area contributed by atoms with Crippen LogP contribution in [-0.4, -0.2) is 18.7 Å². The summed E-state index contributed by atoms with van der Waals surface area (Å²) < 4.78 is 45.8. The Bertz CT molecular complexity index is 2460. The van der Waals surface area contributed by atoms with Crippen LogP contribution in [-0.2, 0) is 47.3 Å². The van der Waals surface area contributed by atoms with Gasteiger partial charge < -0.3 is 33.2 Å². The molecule has 1 heterocycles. The van der Waals surface area contributed by atoms with E-state index in [-0.39, 0.29) is 32.2 Å². The fraction of sp³-hybridized carbons (Fsp3) is 0.204. The van der Waals surface area contributed by atoms with Crippen molar-refractivity contribution in [1.82, 2.24) is 0 Å². The Kier molecular flexibility index (Phi) is 14.1. The molecule has 0 bridgehead atoms. The first kappa shape index (κ1) is 41.7. The Hall–Kier alpha value is -7.03. The third-order valence-electron chi connectivity index (χ3n) is 10.6. The fourth-order valence-electron chi connectivity index (χ4n) is 7.55. The molecule has 7 aromatic carbocycles. The third kappa shape index (κ3) is 11.0. The minimum atomic E-state index is -0.709. The van der Waals surface area contributed by atoms with Crippen molar-refractivity contribution in [2.45, 2.75) is 64.5 Å². The quantitative estimate of drug-likeness (QED) is 0.0746. The van der Waals surface area contributed by atoms with Gasteiger partial charge in [0, 0.05) is 23.6 Å². The second-order valence-electron chi connectivity index (χ2n) is 15.1. The molecule has 8 rings (SSSR count). The van der Waals surface area contributed by atoms with Crippen LogP contribution < -0.4 is 23.7 Å². The molecule has 0 radical (unpaired) electrons. The maximum atomic E-state index is 13.7. The molecule has 3 atom stereocenters. The average Bonchev–Trinajstić information content (AvgIpc) is 3.32. The zero-order chi connectivity index (χ0) is 42.4. The van der Waals surface area contributed by atoms with Gasteiger partial charge in [0.25, 0.3) is 0 Å². The molecule has 0 spiro atoms. The first-order chi connectivity index (χ1) is 30.6. The van der Waals surface area contributed by atoms with E-state index < -0.39 is 18.1 Å². The van der Waals surface area contributed by atoms with Crippen LogP contribution in [0.25, 0.3) is 0 Å². The molecule has 0 saturated heterocycles. The number of hydrogen-bond acceptors (Lipinski definition) is 8. The molecule has 1 unspecified atom stereocenters. The van der Waals surface area contributed by atoms with Crippen LogP contribution in [0, 0.1) is 0 Å². The Morgan fingerprint density at radius 2 is 0.968 bits per heavy atom. The van der Waals surface area contributed by atoms with Crippen molar-refractivity contribution in [2.75, 3.05) is 6.61 Å². The maximum absolute atomic E-state index is 13.7. The van der Waals surface area contributed by atoms with E-state index in [2.05, 4.69) is 0 Å². The van der Waals surface area contributed by atoms with Crippen molar-refractivity contribution in [3.63, 3.8) is 0 Å². The summed E-state index contributed by atoms with van der Waals surface area (Å²) in [5.41, 5.74) is 6.52. The van der Waals surface area contributed by atoms with E-state index >= 15 is 0 Å². The molecule has 1 aliphatic heterocycles. The zero-order valence-electron chi connectivity index (χ0n) is 34.8. The highest BCUT2D eigenvalue weighted by molar-refractivity contribution is 5.72. The minimum absolute atomic E-state index is 0.0156. The van der Waals surface area contributed by atoms with Gasteiger partial charge >= 0.3 is 5.97 Å². The molecule has 0 aliphatic carbocycles. The summed E-state index contributed by atoms with van der Waals surface area (Å²) in [4.78, 5) is 13.7. The van der Waals surface area contributed by atoms with E-state index in [4.69, 9.17) is 33.2 Å². The number of rotatable bonds is 19. The number of ether oxygens (including phenoxy) is 7. The van der Waals surface area contributed by atoms with Gasteiger partial charge in [-0.2, -0.15) is 0 Å². The minimum Gasteiger partial charge on any atom is -0.489 e. The highest BCUT2D eigenvalue weighted by Gasteiger charge is 2.44. The third-order valence-corrected chi connectivity index (χ3v) is 10.6. The summed E-state index contributed by atoms with van der Waals surface area (Å²) in [6.07, 6.45) is -1.37. The van der Waals surface area contributed by atoms with Crippen LogP contribution >= 0.6 is 0 Å². The van der Waals surface area contributed by atoms with Gasteiger partial charge in [0.2, 0.25) is 0 Å². The molecule has 62 heavy (non-hydrogen) atoms. The molecule has 0 amide bonds. The molecule has 1 aliphatic rings. The summed E-state index contributed by atoms with van der Waals surface area (Å²) in [5.74, 6) is 1.84. The van der Waals surface area contributed by atoms with Gasteiger partial charge in [0.15, 0.2) is 17.6 Å². The van der Waals surface area contributed by atoms with Crippen molar-refractivity contribution in [3.8, 4) is 28.7 Å². The highest BCUT2D eigenvalue weighted by Crippen LogP contribution is 2.52. The molecule has 0 fully saturated rings. The van der Waals surface area contributed by atoms with Gasteiger partial charge in [-0.3, -0.25) is 4.79 Å². The smallest absolute Gasteiger partial charge is 0.306 e. The molecule has 7 aromatic rings. The normalized spacial score (nSPS) is 15.4.